The number of thiazole rings is 1. The molecule has 0 bridgehead atoms. The van der Waals surface area contributed by atoms with Crippen molar-refractivity contribution >= 4 is 23.2 Å². The second-order valence-corrected chi connectivity index (χ2v) is 9.14. The predicted molar refractivity (Wildman–Crippen MR) is 92.6 cm³/mol. The summed E-state index contributed by atoms with van der Waals surface area (Å²) in [4.78, 5) is 5.01. The molecule has 1 aromatic rings. The molecule has 23 heavy (non-hydrogen) atoms. The quantitative estimate of drug-likeness (QED) is 0.796. The lowest BCUT2D eigenvalue weighted by Crippen LogP contribution is -2.41. The van der Waals surface area contributed by atoms with Gasteiger partial charge < -0.3 is 14.0 Å². The molecule has 3 fully saturated rings. The molecule has 0 aromatic carbocycles. The summed E-state index contributed by atoms with van der Waals surface area (Å²) in [6.45, 7) is 10.1. The zero-order valence-corrected chi connectivity index (χ0v) is 15.4. The Morgan fingerprint density at radius 1 is 1.04 bits per heavy atom. The van der Waals surface area contributed by atoms with Gasteiger partial charge in [0.05, 0.1) is 33.3 Å². The van der Waals surface area contributed by atoms with Crippen LogP contribution >= 0.6 is 11.3 Å². The summed E-state index contributed by atoms with van der Waals surface area (Å²) in [5.41, 5.74) is 0.641. The van der Waals surface area contributed by atoms with Crippen LogP contribution in [0, 0.1) is 0 Å². The summed E-state index contributed by atoms with van der Waals surface area (Å²) in [7, 11) is -0.272. The monoisotopic (exact) mass is 335 g/mol. The first kappa shape index (κ1) is 16.1. The highest BCUT2D eigenvalue weighted by Gasteiger charge is 2.54. The largest absolute Gasteiger partial charge is 0.507 e. The summed E-state index contributed by atoms with van der Waals surface area (Å²) in [5, 5.41) is 1.22. The Balaban J connectivity index is 1.64. The molecule has 1 unspecified atom stereocenters. The molecule has 0 spiro atoms. The molecular formula is C17H26BNO3S. The van der Waals surface area contributed by atoms with Crippen LogP contribution in [0.3, 0.4) is 0 Å². The first-order valence-corrected chi connectivity index (χ1v) is 9.63. The fraction of sp³-hybridized carbons (Fsp3) is 0.824. The highest BCUT2D eigenvalue weighted by atomic mass is 32.1. The Morgan fingerprint density at radius 2 is 1.74 bits per heavy atom. The van der Waals surface area contributed by atoms with E-state index in [9.17, 15) is 0 Å². The van der Waals surface area contributed by atoms with Crippen molar-refractivity contribution in [1.82, 2.24) is 4.98 Å². The van der Waals surface area contributed by atoms with Crippen molar-refractivity contribution in [3.05, 3.63) is 10.7 Å². The van der Waals surface area contributed by atoms with E-state index in [0.29, 0.717) is 11.8 Å². The molecule has 1 atom stereocenters. The lowest BCUT2D eigenvalue weighted by atomic mass is 9.85. The van der Waals surface area contributed by atoms with Crippen molar-refractivity contribution in [1.29, 1.82) is 0 Å². The second-order valence-electron chi connectivity index (χ2n) is 8.08. The summed E-state index contributed by atoms with van der Waals surface area (Å²) in [5.74, 6) is 1.06. The van der Waals surface area contributed by atoms with Crippen LogP contribution in [0.4, 0.5) is 0 Å². The van der Waals surface area contributed by atoms with Gasteiger partial charge in [0.1, 0.15) is 0 Å². The van der Waals surface area contributed by atoms with Crippen molar-refractivity contribution in [2.45, 2.75) is 76.4 Å². The average molecular weight is 335 g/mol. The maximum Gasteiger partial charge on any atom is 0.507 e. The maximum absolute atomic E-state index is 6.29. The standard InChI is InChI=1S/C17H26BNO3S/c1-16(2)17(3,4)22-18(21-16)14-13(11-7-8-11)19-15(23-14)12-6-5-9-20-10-12/h11-12H,5-10H2,1-4H3. The third-order valence-electron chi connectivity index (χ3n) is 5.64. The molecule has 1 saturated carbocycles. The van der Waals surface area contributed by atoms with Gasteiger partial charge in [0.2, 0.25) is 0 Å². The third kappa shape index (κ3) is 2.88. The third-order valence-corrected chi connectivity index (χ3v) is 6.89. The van der Waals surface area contributed by atoms with Crippen LogP contribution in [0.1, 0.15) is 75.9 Å². The molecule has 2 aliphatic heterocycles. The van der Waals surface area contributed by atoms with Crippen LogP contribution in [0.25, 0.3) is 0 Å². The van der Waals surface area contributed by atoms with Gasteiger partial charge in [-0.05, 0) is 53.4 Å². The zero-order valence-electron chi connectivity index (χ0n) is 14.6. The van der Waals surface area contributed by atoms with Crippen LogP contribution in [0.5, 0.6) is 0 Å². The number of aromatic nitrogens is 1. The molecular weight excluding hydrogens is 309 g/mol. The fourth-order valence-electron chi connectivity index (χ4n) is 3.24. The number of hydrogen-bond acceptors (Lipinski definition) is 5. The highest BCUT2D eigenvalue weighted by molar-refractivity contribution is 7.22. The van der Waals surface area contributed by atoms with Crippen LogP contribution in [-0.2, 0) is 14.0 Å². The summed E-state index contributed by atoms with van der Waals surface area (Å²) < 4.78 is 19.4. The number of ether oxygens (including phenoxy) is 1. The topological polar surface area (TPSA) is 40.6 Å². The van der Waals surface area contributed by atoms with E-state index in [1.54, 1.807) is 11.3 Å². The molecule has 0 N–H and O–H groups in total. The fourth-order valence-corrected chi connectivity index (χ4v) is 4.47. The Hall–Kier alpha value is -0.425. The highest BCUT2D eigenvalue weighted by Crippen LogP contribution is 2.43. The van der Waals surface area contributed by atoms with Crippen molar-refractivity contribution in [3.63, 3.8) is 0 Å². The van der Waals surface area contributed by atoms with Crippen molar-refractivity contribution in [3.8, 4) is 0 Å². The maximum atomic E-state index is 6.29. The van der Waals surface area contributed by atoms with E-state index < -0.39 is 0 Å². The molecule has 3 heterocycles. The minimum Gasteiger partial charge on any atom is -0.399 e. The number of nitrogens with zero attached hydrogens (tertiary/aromatic N) is 1. The lowest BCUT2D eigenvalue weighted by molar-refractivity contribution is 0.00578. The van der Waals surface area contributed by atoms with Gasteiger partial charge in [0.25, 0.3) is 0 Å². The van der Waals surface area contributed by atoms with Crippen molar-refractivity contribution < 1.29 is 14.0 Å². The van der Waals surface area contributed by atoms with Crippen molar-refractivity contribution in [2.75, 3.05) is 13.2 Å². The van der Waals surface area contributed by atoms with Gasteiger partial charge in [-0.1, -0.05) is 0 Å². The van der Waals surface area contributed by atoms with Gasteiger partial charge in [-0.3, -0.25) is 0 Å². The molecule has 126 valence electrons. The van der Waals surface area contributed by atoms with E-state index in [-0.39, 0.29) is 18.3 Å². The minimum atomic E-state index is -0.295. The van der Waals surface area contributed by atoms with E-state index in [4.69, 9.17) is 19.0 Å². The number of rotatable bonds is 3. The predicted octanol–water partition coefficient (Wildman–Crippen LogP) is 3.21. The van der Waals surface area contributed by atoms with Crippen LogP contribution in [0.15, 0.2) is 0 Å². The molecule has 4 rings (SSSR count). The van der Waals surface area contributed by atoms with E-state index in [2.05, 4.69) is 27.7 Å². The first-order valence-electron chi connectivity index (χ1n) is 8.81. The van der Waals surface area contributed by atoms with E-state index in [1.165, 1.54) is 34.7 Å². The van der Waals surface area contributed by atoms with E-state index in [1.807, 2.05) is 0 Å². The van der Waals surface area contributed by atoms with Crippen molar-refractivity contribution in [2.24, 2.45) is 0 Å². The first-order chi connectivity index (χ1) is 10.9. The van der Waals surface area contributed by atoms with Crippen LogP contribution in [0.2, 0.25) is 0 Å². The van der Waals surface area contributed by atoms with E-state index in [0.717, 1.165) is 19.6 Å². The molecule has 2 saturated heterocycles. The number of hydrogen-bond donors (Lipinski definition) is 0. The Morgan fingerprint density at radius 3 is 2.30 bits per heavy atom. The lowest BCUT2D eigenvalue weighted by Gasteiger charge is -2.32. The molecule has 0 radical (unpaired) electrons. The second kappa shape index (κ2) is 5.55. The SMILES string of the molecule is CC1(C)OB(c2sc(C3CCCOC3)nc2C2CC2)OC1(C)C. The molecule has 6 heteroatoms. The van der Waals surface area contributed by atoms with Gasteiger partial charge in [-0.15, -0.1) is 11.3 Å². The average Bonchev–Trinajstić information content (AvgIpc) is 3.20. The summed E-state index contributed by atoms with van der Waals surface area (Å²) >= 11 is 1.79. The van der Waals surface area contributed by atoms with Gasteiger partial charge in [-0.25, -0.2) is 4.98 Å². The normalized spacial score (nSPS) is 29.9. The smallest absolute Gasteiger partial charge is 0.399 e. The summed E-state index contributed by atoms with van der Waals surface area (Å²) in [6.07, 6.45) is 4.81. The molecule has 3 aliphatic rings. The van der Waals surface area contributed by atoms with Crippen LogP contribution in [-0.4, -0.2) is 36.5 Å². The van der Waals surface area contributed by atoms with Gasteiger partial charge >= 0.3 is 7.12 Å². The van der Waals surface area contributed by atoms with Crippen LogP contribution < -0.4 is 4.78 Å². The van der Waals surface area contributed by atoms with Gasteiger partial charge in [0.15, 0.2) is 0 Å². The molecule has 0 amide bonds. The molecule has 1 aliphatic carbocycles. The Bertz CT molecular complexity index is 575. The Labute approximate surface area is 143 Å². The molecule has 4 nitrogen and oxygen atoms in total. The van der Waals surface area contributed by atoms with Gasteiger partial charge in [0, 0.05) is 18.4 Å². The minimum absolute atomic E-state index is 0.272. The van der Waals surface area contributed by atoms with E-state index >= 15 is 0 Å². The van der Waals surface area contributed by atoms with Gasteiger partial charge in [-0.2, -0.15) is 0 Å². The Kier molecular flexibility index (Phi) is 3.88. The molecule has 1 aromatic heterocycles. The zero-order chi connectivity index (χ0) is 16.2. The summed E-state index contributed by atoms with van der Waals surface area (Å²) in [6, 6.07) is 0.